The van der Waals surface area contributed by atoms with Crippen molar-refractivity contribution in [3.8, 4) is 0 Å². The average Bonchev–Trinajstić information content (AvgIpc) is 3.05. The van der Waals surface area contributed by atoms with Gasteiger partial charge >= 0.3 is 5.97 Å². The highest BCUT2D eigenvalue weighted by Crippen LogP contribution is 2.25. The molecule has 3 rings (SSSR count). The number of carboxylic acid groups (broad SMARTS) is 1. The van der Waals surface area contributed by atoms with Crippen molar-refractivity contribution < 1.29 is 14.3 Å². The van der Waals surface area contributed by atoms with Crippen LogP contribution in [0, 0.1) is 0 Å². The molecule has 0 atom stereocenters. The van der Waals surface area contributed by atoms with Gasteiger partial charge in [0.25, 0.3) is 0 Å². The number of hydrogen-bond donors (Lipinski definition) is 2. The van der Waals surface area contributed by atoms with E-state index in [2.05, 4.69) is 5.32 Å². The van der Waals surface area contributed by atoms with Crippen LogP contribution in [-0.4, -0.2) is 11.1 Å². The highest BCUT2D eigenvalue weighted by molar-refractivity contribution is 7.09. The number of nitrogens with one attached hydrogen (secondary N) is 1. The summed E-state index contributed by atoms with van der Waals surface area (Å²) >= 11 is 1.66. The fourth-order valence-corrected chi connectivity index (χ4v) is 2.84. The molecule has 0 aliphatic rings. The van der Waals surface area contributed by atoms with Gasteiger partial charge in [0.15, 0.2) is 0 Å². The van der Waals surface area contributed by atoms with E-state index in [9.17, 15) is 9.90 Å². The van der Waals surface area contributed by atoms with Gasteiger partial charge in [0.1, 0.15) is 16.9 Å². The van der Waals surface area contributed by atoms with Crippen molar-refractivity contribution in [2.45, 2.75) is 13.1 Å². The molecular weight excluding hydrogens is 274 g/mol. The monoisotopic (exact) mass is 287 g/mol. The molecular formula is C15H13NO3S. The van der Waals surface area contributed by atoms with Gasteiger partial charge in [-0.05, 0) is 17.5 Å². The van der Waals surface area contributed by atoms with Crippen LogP contribution in [0.15, 0.2) is 46.2 Å². The van der Waals surface area contributed by atoms with Gasteiger partial charge in [-0.3, -0.25) is 0 Å². The second kappa shape index (κ2) is 5.48. The van der Waals surface area contributed by atoms with E-state index in [4.69, 9.17) is 4.42 Å². The van der Waals surface area contributed by atoms with E-state index < -0.39 is 5.97 Å². The lowest BCUT2D eigenvalue weighted by Gasteiger charge is -2.01. The number of furan rings is 1. The summed E-state index contributed by atoms with van der Waals surface area (Å²) in [5.74, 6) is -0.488. The molecule has 3 aromatic rings. The average molecular weight is 287 g/mol. The van der Waals surface area contributed by atoms with Crippen LogP contribution >= 0.6 is 11.3 Å². The Balaban J connectivity index is 1.83. The third-order valence-electron chi connectivity index (χ3n) is 3.05. The van der Waals surface area contributed by atoms with Crippen LogP contribution in [0.4, 0.5) is 0 Å². The quantitative estimate of drug-likeness (QED) is 0.754. The van der Waals surface area contributed by atoms with E-state index in [1.54, 1.807) is 23.5 Å². The zero-order valence-corrected chi connectivity index (χ0v) is 11.4. The first-order valence-electron chi connectivity index (χ1n) is 6.22. The predicted octanol–water partition coefficient (Wildman–Crippen LogP) is 3.48. The molecule has 0 saturated carbocycles. The minimum Gasteiger partial charge on any atom is -0.478 e. The summed E-state index contributed by atoms with van der Waals surface area (Å²) in [5, 5.41) is 15.2. The lowest BCUT2D eigenvalue weighted by atomic mass is 10.1. The Morgan fingerprint density at radius 2 is 2.05 bits per heavy atom. The van der Waals surface area contributed by atoms with Crippen molar-refractivity contribution in [3.05, 3.63) is 58.0 Å². The number of para-hydroxylation sites is 1. The molecule has 2 aromatic heterocycles. The third-order valence-corrected chi connectivity index (χ3v) is 3.92. The van der Waals surface area contributed by atoms with Gasteiger partial charge in [-0.25, -0.2) is 4.79 Å². The summed E-state index contributed by atoms with van der Waals surface area (Å²) in [6.45, 7) is 1.10. The number of aromatic carboxylic acids is 1. The number of thiophene rings is 1. The number of benzene rings is 1. The molecule has 0 fully saturated rings. The smallest absolute Gasteiger partial charge is 0.339 e. The lowest BCUT2D eigenvalue weighted by Crippen LogP contribution is -2.13. The number of carbonyl (C=O) groups is 1. The van der Waals surface area contributed by atoms with Crippen LogP contribution in [0.5, 0.6) is 0 Å². The first-order chi connectivity index (χ1) is 9.75. The number of fused-ring (bicyclic) bond motifs is 1. The van der Waals surface area contributed by atoms with Gasteiger partial charge in [0.05, 0.1) is 6.54 Å². The highest BCUT2D eigenvalue weighted by atomic mass is 32.1. The molecule has 0 saturated heterocycles. The highest BCUT2D eigenvalue weighted by Gasteiger charge is 2.19. The van der Waals surface area contributed by atoms with Gasteiger partial charge in [0.2, 0.25) is 0 Å². The Hall–Kier alpha value is -2.11. The molecule has 4 nitrogen and oxygen atoms in total. The third kappa shape index (κ3) is 2.45. The largest absolute Gasteiger partial charge is 0.478 e. The molecule has 0 aliphatic heterocycles. The van der Waals surface area contributed by atoms with E-state index >= 15 is 0 Å². The van der Waals surface area contributed by atoms with E-state index in [0.717, 1.165) is 0 Å². The fraction of sp³-hybridized carbons (Fsp3) is 0.133. The Bertz CT molecular complexity index is 731. The topological polar surface area (TPSA) is 62.5 Å². The zero-order chi connectivity index (χ0) is 13.9. The van der Waals surface area contributed by atoms with E-state index in [-0.39, 0.29) is 5.56 Å². The SMILES string of the molecule is O=C(O)c1c(CNCc2cccs2)oc2ccccc12. The number of carboxylic acids is 1. The van der Waals surface area contributed by atoms with Gasteiger partial charge in [-0.2, -0.15) is 0 Å². The summed E-state index contributed by atoms with van der Waals surface area (Å²) in [4.78, 5) is 12.6. The van der Waals surface area contributed by atoms with Crippen molar-refractivity contribution >= 4 is 28.3 Å². The second-order valence-electron chi connectivity index (χ2n) is 4.38. The van der Waals surface area contributed by atoms with Crippen molar-refractivity contribution in [3.63, 3.8) is 0 Å². The molecule has 0 bridgehead atoms. The zero-order valence-electron chi connectivity index (χ0n) is 10.6. The van der Waals surface area contributed by atoms with Crippen LogP contribution in [-0.2, 0) is 13.1 Å². The maximum Gasteiger partial charge on any atom is 0.339 e. The van der Waals surface area contributed by atoms with Crippen molar-refractivity contribution in [1.82, 2.24) is 5.32 Å². The standard InChI is InChI=1S/C15H13NO3S/c17-15(18)14-11-5-1-2-6-12(11)19-13(14)9-16-8-10-4-3-7-20-10/h1-7,16H,8-9H2,(H,17,18). The van der Waals surface area contributed by atoms with Crippen LogP contribution in [0.1, 0.15) is 21.0 Å². The Morgan fingerprint density at radius 1 is 1.20 bits per heavy atom. The van der Waals surface area contributed by atoms with Crippen LogP contribution in [0.3, 0.4) is 0 Å². The van der Waals surface area contributed by atoms with Crippen molar-refractivity contribution in [1.29, 1.82) is 0 Å². The van der Waals surface area contributed by atoms with Crippen LogP contribution in [0.25, 0.3) is 11.0 Å². The molecule has 102 valence electrons. The first kappa shape index (κ1) is 12.9. The summed E-state index contributed by atoms with van der Waals surface area (Å²) in [6.07, 6.45) is 0. The minimum absolute atomic E-state index is 0.249. The lowest BCUT2D eigenvalue weighted by molar-refractivity contribution is 0.0696. The summed E-state index contributed by atoms with van der Waals surface area (Å²) in [6, 6.07) is 11.2. The summed E-state index contributed by atoms with van der Waals surface area (Å²) in [7, 11) is 0. The van der Waals surface area contributed by atoms with E-state index in [1.165, 1.54) is 4.88 Å². The van der Waals surface area contributed by atoms with Crippen LogP contribution < -0.4 is 5.32 Å². The fourth-order valence-electron chi connectivity index (χ4n) is 2.17. The van der Waals surface area contributed by atoms with E-state index in [1.807, 2.05) is 29.6 Å². The van der Waals surface area contributed by atoms with Crippen molar-refractivity contribution in [2.75, 3.05) is 0 Å². The molecule has 0 spiro atoms. The second-order valence-corrected chi connectivity index (χ2v) is 5.42. The molecule has 0 unspecified atom stereocenters. The molecule has 1 aromatic carbocycles. The van der Waals surface area contributed by atoms with Crippen LogP contribution in [0.2, 0.25) is 0 Å². The molecule has 2 N–H and O–H groups in total. The van der Waals surface area contributed by atoms with Gasteiger partial charge < -0.3 is 14.8 Å². The first-order valence-corrected chi connectivity index (χ1v) is 7.10. The normalized spacial score (nSPS) is 11.0. The Labute approximate surface area is 119 Å². The molecule has 20 heavy (non-hydrogen) atoms. The molecule has 0 aliphatic carbocycles. The van der Waals surface area contributed by atoms with Crippen molar-refractivity contribution in [2.24, 2.45) is 0 Å². The maximum atomic E-state index is 11.4. The number of rotatable bonds is 5. The Morgan fingerprint density at radius 3 is 2.80 bits per heavy atom. The maximum absolute atomic E-state index is 11.4. The van der Waals surface area contributed by atoms with Gasteiger partial charge in [-0.15, -0.1) is 11.3 Å². The summed E-state index contributed by atoms with van der Waals surface area (Å²) < 4.78 is 5.64. The molecule has 0 amide bonds. The predicted molar refractivity (Wildman–Crippen MR) is 78.0 cm³/mol. The van der Waals surface area contributed by atoms with Gasteiger partial charge in [0, 0.05) is 16.8 Å². The van der Waals surface area contributed by atoms with E-state index in [0.29, 0.717) is 29.8 Å². The Kier molecular flexibility index (Phi) is 3.54. The number of hydrogen-bond acceptors (Lipinski definition) is 4. The summed E-state index contributed by atoms with van der Waals surface area (Å²) in [5.41, 5.74) is 0.858. The molecule has 2 heterocycles. The van der Waals surface area contributed by atoms with Gasteiger partial charge in [-0.1, -0.05) is 24.3 Å². The molecule has 5 heteroatoms. The minimum atomic E-state index is -0.956. The molecule has 0 radical (unpaired) electrons.